The van der Waals surface area contributed by atoms with Crippen molar-refractivity contribution in [1.82, 2.24) is 0 Å². The lowest BCUT2D eigenvalue weighted by Gasteiger charge is -2.38. The number of nitrogens with two attached hydrogens (primary N) is 1. The first-order chi connectivity index (χ1) is 6.96. The maximum Gasteiger partial charge on any atom is 0.00930 e. The Morgan fingerprint density at radius 2 is 1.80 bits per heavy atom. The van der Waals surface area contributed by atoms with Crippen LogP contribution in [-0.2, 0) is 0 Å². The summed E-state index contributed by atoms with van der Waals surface area (Å²) in [6.07, 6.45) is 7.99. The maximum absolute atomic E-state index is 6.37. The van der Waals surface area contributed by atoms with Crippen LogP contribution in [0.5, 0.6) is 0 Å². The molecule has 2 N–H and O–H groups in total. The van der Waals surface area contributed by atoms with Gasteiger partial charge in [0.1, 0.15) is 0 Å². The monoisotopic (exact) mass is 211 g/mol. The zero-order chi connectivity index (χ0) is 11.5. The zero-order valence-electron chi connectivity index (χ0n) is 11.1. The Bertz CT molecular complexity index is 176. The molecule has 1 aliphatic carbocycles. The fourth-order valence-electron chi connectivity index (χ4n) is 2.92. The maximum atomic E-state index is 6.37. The first-order valence-corrected chi connectivity index (χ1v) is 6.72. The van der Waals surface area contributed by atoms with Crippen molar-refractivity contribution in [3.05, 3.63) is 0 Å². The van der Waals surface area contributed by atoms with Crippen molar-refractivity contribution < 1.29 is 0 Å². The third-order valence-corrected chi connectivity index (χ3v) is 4.33. The van der Waals surface area contributed by atoms with Crippen LogP contribution in [0, 0.1) is 17.3 Å². The van der Waals surface area contributed by atoms with E-state index in [1.165, 1.54) is 38.5 Å². The highest BCUT2D eigenvalue weighted by Gasteiger charge is 2.31. The van der Waals surface area contributed by atoms with Crippen molar-refractivity contribution in [2.24, 2.45) is 23.0 Å². The van der Waals surface area contributed by atoms with Crippen molar-refractivity contribution >= 4 is 0 Å². The second-order valence-corrected chi connectivity index (χ2v) is 6.34. The standard InChI is InChI=1S/C14H29N/c1-5-6-11(2)13(15)12-7-9-14(3,4)10-8-12/h11-13H,5-10,15H2,1-4H3. The van der Waals surface area contributed by atoms with Gasteiger partial charge in [-0.25, -0.2) is 0 Å². The van der Waals surface area contributed by atoms with Crippen LogP contribution < -0.4 is 5.73 Å². The van der Waals surface area contributed by atoms with Gasteiger partial charge in [-0.1, -0.05) is 34.1 Å². The lowest BCUT2D eigenvalue weighted by Crippen LogP contribution is -2.39. The van der Waals surface area contributed by atoms with E-state index in [4.69, 9.17) is 5.73 Å². The largest absolute Gasteiger partial charge is 0.327 e. The van der Waals surface area contributed by atoms with Gasteiger partial charge in [0, 0.05) is 6.04 Å². The van der Waals surface area contributed by atoms with Gasteiger partial charge in [0.2, 0.25) is 0 Å². The molecule has 15 heavy (non-hydrogen) atoms. The fraction of sp³-hybridized carbons (Fsp3) is 1.00. The van der Waals surface area contributed by atoms with Gasteiger partial charge < -0.3 is 5.73 Å². The van der Waals surface area contributed by atoms with Crippen LogP contribution in [-0.4, -0.2) is 6.04 Å². The first-order valence-electron chi connectivity index (χ1n) is 6.72. The van der Waals surface area contributed by atoms with Crippen LogP contribution in [0.15, 0.2) is 0 Å². The first kappa shape index (κ1) is 13.0. The third-order valence-electron chi connectivity index (χ3n) is 4.33. The molecule has 1 saturated carbocycles. The topological polar surface area (TPSA) is 26.0 Å². The minimum atomic E-state index is 0.445. The van der Waals surface area contributed by atoms with Crippen LogP contribution in [0.3, 0.4) is 0 Å². The molecule has 1 rings (SSSR count). The van der Waals surface area contributed by atoms with Crippen molar-refractivity contribution in [1.29, 1.82) is 0 Å². The van der Waals surface area contributed by atoms with Crippen LogP contribution >= 0.6 is 0 Å². The molecule has 1 aliphatic rings. The molecule has 0 amide bonds. The molecule has 0 spiro atoms. The van der Waals surface area contributed by atoms with E-state index in [2.05, 4.69) is 27.7 Å². The lowest BCUT2D eigenvalue weighted by atomic mass is 9.69. The summed E-state index contributed by atoms with van der Waals surface area (Å²) >= 11 is 0. The Morgan fingerprint density at radius 1 is 1.27 bits per heavy atom. The van der Waals surface area contributed by atoms with Crippen molar-refractivity contribution in [2.45, 2.75) is 72.3 Å². The normalized spacial score (nSPS) is 26.2. The molecule has 0 saturated heterocycles. The lowest BCUT2D eigenvalue weighted by molar-refractivity contribution is 0.153. The molecule has 0 heterocycles. The van der Waals surface area contributed by atoms with Crippen LogP contribution in [0.4, 0.5) is 0 Å². The Kier molecular flexibility index (Phi) is 4.64. The molecule has 1 fully saturated rings. The second kappa shape index (κ2) is 5.34. The molecule has 0 aromatic heterocycles. The molecule has 1 nitrogen and oxygen atoms in total. The molecule has 0 radical (unpaired) electrons. The molecule has 0 aromatic carbocycles. The summed E-state index contributed by atoms with van der Waals surface area (Å²) in [5.74, 6) is 1.50. The van der Waals surface area contributed by atoms with Gasteiger partial charge in [0.15, 0.2) is 0 Å². The highest BCUT2D eigenvalue weighted by Crippen LogP contribution is 2.40. The van der Waals surface area contributed by atoms with Gasteiger partial charge in [0.05, 0.1) is 0 Å². The summed E-state index contributed by atoms with van der Waals surface area (Å²) < 4.78 is 0. The molecular weight excluding hydrogens is 182 g/mol. The minimum absolute atomic E-state index is 0.445. The van der Waals surface area contributed by atoms with E-state index in [1.54, 1.807) is 0 Å². The number of hydrogen-bond acceptors (Lipinski definition) is 1. The number of rotatable bonds is 4. The van der Waals surface area contributed by atoms with Gasteiger partial charge in [-0.05, 0) is 49.4 Å². The molecule has 2 unspecified atom stereocenters. The molecule has 0 bridgehead atoms. The Morgan fingerprint density at radius 3 is 2.27 bits per heavy atom. The predicted molar refractivity (Wildman–Crippen MR) is 67.8 cm³/mol. The fourth-order valence-corrected chi connectivity index (χ4v) is 2.92. The summed E-state index contributed by atoms with van der Waals surface area (Å²) in [6, 6.07) is 0.445. The molecule has 0 aliphatic heterocycles. The van der Waals surface area contributed by atoms with Crippen LogP contribution in [0.2, 0.25) is 0 Å². The third kappa shape index (κ3) is 3.79. The van der Waals surface area contributed by atoms with Crippen LogP contribution in [0.1, 0.15) is 66.2 Å². The van der Waals surface area contributed by atoms with E-state index in [-0.39, 0.29) is 0 Å². The van der Waals surface area contributed by atoms with Gasteiger partial charge in [0.25, 0.3) is 0 Å². The van der Waals surface area contributed by atoms with Gasteiger partial charge in [-0.15, -0.1) is 0 Å². The average Bonchev–Trinajstić information content (AvgIpc) is 2.17. The average molecular weight is 211 g/mol. The van der Waals surface area contributed by atoms with E-state index >= 15 is 0 Å². The Labute approximate surface area is 95.8 Å². The zero-order valence-corrected chi connectivity index (χ0v) is 11.1. The summed E-state index contributed by atoms with van der Waals surface area (Å²) in [6.45, 7) is 9.37. The second-order valence-electron chi connectivity index (χ2n) is 6.34. The molecule has 2 atom stereocenters. The van der Waals surface area contributed by atoms with E-state index in [0.29, 0.717) is 17.4 Å². The van der Waals surface area contributed by atoms with Gasteiger partial charge in [-0.2, -0.15) is 0 Å². The summed E-state index contributed by atoms with van der Waals surface area (Å²) in [4.78, 5) is 0. The van der Waals surface area contributed by atoms with Crippen molar-refractivity contribution in [2.75, 3.05) is 0 Å². The molecular formula is C14H29N. The van der Waals surface area contributed by atoms with Gasteiger partial charge in [-0.3, -0.25) is 0 Å². The molecule has 90 valence electrons. The Hall–Kier alpha value is -0.0400. The summed E-state index contributed by atoms with van der Waals surface area (Å²) in [5.41, 5.74) is 6.94. The van der Waals surface area contributed by atoms with Crippen molar-refractivity contribution in [3.63, 3.8) is 0 Å². The summed E-state index contributed by atoms with van der Waals surface area (Å²) in [7, 11) is 0. The van der Waals surface area contributed by atoms with E-state index < -0.39 is 0 Å². The summed E-state index contributed by atoms with van der Waals surface area (Å²) in [5, 5.41) is 0. The highest BCUT2D eigenvalue weighted by molar-refractivity contribution is 4.85. The minimum Gasteiger partial charge on any atom is -0.327 e. The quantitative estimate of drug-likeness (QED) is 0.748. The van der Waals surface area contributed by atoms with Crippen LogP contribution in [0.25, 0.3) is 0 Å². The van der Waals surface area contributed by atoms with E-state index in [1.807, 2.05) is 0 Å². The van der Waals surface area contributed by atoms with Gasteiger partial charge >= 0.3 is 0 Å². The predicted octanol–water partition coefficient (Wildman–Crippen LogP) is 3.97. The number of hydrogen-bond donors (Lipinski definition) is 1. The highest BCUT2D eigenvalue weighted by atomic mass is 14.7. The molecule has 0 aromatic rings. The Balaban J connectivity index is 2.39. The van der Waals surface area contributed by atoms with E-state index in [0.717, 1.165) is 5.92 Å². The molecule has 1 heteroatoms. The smallest absolute Gasteiger partial charge is 0.00930 e. The van der Waals surface area contributed by atoms with E-state index in [9.17, 15) is 0 Å². The van der Waals surface area contributed by atoms with Crippen molar-refractivity contribution in [3.8, 4) is 0 Å². The SMILES string of the molecule is CCCC(C)C(N)C1CCC(C)(C)CC1.